The third-order valence-corrected chi connectivity index (χ3v) is 6.28. The van der Waals surface area contributed by atoms with E-state index >= 15 is 0 Å². The Labute approximate surface area is 203 Å². The van der Waals surface area contributed by atoms with Crippen LogP contribution in [0.1, 0.15) is 11.1 Å². The molecule has 0 saturated carbocycles. The number of anilines is 1. The smallest absolute Gasteiger partial charge is 0.273 e. The van der Waals surface area contributed by atoms with Crippen LogP contribution in [0.4, 0.5) is 11.4 Å². The SMILES string of the molecule is Cc1ccccc1NC(=O)/C(C#N)=c1/s/c(=C/c2ccc([N+](=O)[O-])cc2)c(=O)n1-c1ccccc1. The van der Waals surface area contributed by atoms with Crippen molar-refractivity contribution >= 4 is 40.3 Å². The minimum atomic E-state index is -0.630. The second kappa shape index (κ2) is 9.99. The quantitative estimate of drug-likeness (QED) is 0.346. The molecule has 0 atom stereocenters. The summed E-state index contributed by atoms with van der Waals surface area (Å²) in [4.78, 5) is 36.9. The Kier molecular flexibility index (Phi) is 6.66. The molecule has 172 valence electrons. The van der Waals surface area contributed by atoms with Crippen LogP contribution in [0, 0.1) is 28.4 Å². The first kappa shape index (κ1) is 23.4. The number of amides is 1. The number of carbonyl (C=O) groups excluding carboxylic acids is 1. The van der Waals surface area contributed by atoms with Gasteiger partial charge in [-0.05, 0) is 54.5 Å². The summed E-state index contributed by atoms with van der Waals surface area (Å²) in [5, 5.41) is 23.6. The van der Waals surface area contributed by atoms with Crippen LogP contribution in [-0.4, -0.2) is 15.4 Å². The van der Waals surface area contributed by atoms with Gasteiger partial charge in [0, 0.05) is 17.8 Å². The molecule has 4 aromatic rings. The lowest BCUT2D eigenvalue weighted by Crippen LogP contribution is -2.32. The minimum Gasteiger partial charge on any atom is -0.321 e. The first-order chi connectivity index (χ1) is 16.9. The van der Waals surface area contributed by atoms with Crippen LogP contribution in [0.2, 0.25) is 0 Å². The number of nitrogens with one attached hydrogen (secondary N) is 1. The lowest BCUT2D eigenvalue weighted by Gasteiger charge is -2.08. The largest absolute Gasteiger partial charge is 0.321 e. The van der Waals surface area contributed by atoms with E-state index in [1.807, 2.05) is 25.1 Å². The van der Waals surface area contributed by atoms with Crippen LogP contribution in [-0.2, 0) is 4.79 Å². The maximum atomic E-state index is 13.4. The van der Waals surface area contributed by atoms with Gasteiger partial charge >= 0.3 is 0 Å². The number of nitro benzene ring substituents is 1. The highest BCUT2D eigenvalue weighted by molar-refractivity contribution is 7.07. The first-order valence-electron chi connectivity index (χ1n) is 10.4. The fourth-order valence-corrected chi connectivity index (χ4v) is 4.50. The molecule has 0 aliphatic heterocycles. The van der Waals surface area contributed by atoms with Crippen molar-refractivity contribution in [3.8, 4) is 11.8 Å². The molecule has 1 N–H and O–H groups in total. The van der Waals surface area contributed by atoms with Gasteiger partial charge in [-0.1, -0.05) is 36.4 Å². The molecule has 0 fully saturated rings. The number of nitro groups is 1. The Hall–Kier alpha value is -4.81. The van der Waals surface area contributed by atoms with Crippen molar-refractivity contribution in [3.63, 3.8) is 0 Å². The zero-order valence-electron chi connectivity index (χ0n) is 18.5. The van der Waals surface area contributed by atoms with Crippen LogP contribution in [0.3, 0.4) is 0 Å². The van der Waals surface area contributed by atoms with Crippen molar-refractivity contribution < 1.29 is 9.72 Å². The van der Waals surface area contributed by atoms with Crippen molar-refractivity contribution in [2.45, 2.75) is 6.92 Å². The van der Waals surface area contributed by atoms with E-state index in [1.165, 1.54) is 28.8 Å². The molecule has 0 radical (unpaired) electrons. The molecule has 35 heavy (non-hydrogen) atoms. The molecule has 1 aromatic heterocycles. The van der Waals surface area contributed by atoms with Gasteiger partial charge in [0.2, 0.25) is 0 Å². The van der Waals surface area contributed by atoms with Gasteiger partial charge in [0.05, 0.1) is 15.1 Å². The number of hydrogen-bond donors (Lipinski definition) is 1. The van der Waals surface area contributed by atoms with E-state index in [0.717, 1.165) is 16.9 Å². The minimum absolute atomic E-state index is 0.0660. The van der Waals surface area contributed by atoms with E-state index in [4.69, 9.17) is 0 Å². The predicted octanol–water partition coefficient (Wildman–Crippen LogP) is 3.26. The summed E-state index contributed by atoms with van der Waals surface area (Å²) in [5.41, 5.74) is 1.79. The number of aromatic nitrogens is 1. The number of nitriles is 1. The van der Waals surface area contributed by atoms with Crippen LogP contribution in [0.25, 0.3) is 17.3 Å². The van der Waals surface area contributed by atoms with Gasteiger partial charge in [-0.15, -0.1) is 11.3 Å². The van der Waals surface area contributed by atoms with Crippen LogP contribution >= 0.6 is 11.3 Å². The zero-order valence-corrected chi connectivity index (χ0v) is 19.3. The highest BCUT2D eigenvalue weighted by Gasteiger charge is 2.18. The standard InChI is InChI=1S/C26H18N4O4S/c1-17-7-5-6-10-22(17)28-24(31)21(16-27)26-29(19-8-3-2-4-9-19)25(32)23(35-26)15-18-11-13-20(14-12-18)30(33)34/h2-15H,1H3,(H,28,31)/b23-15+,26-21+. The highest BCUT2D eigenvalue weighted by atomic mass is 32.1. The fourth-order valence-electron chi connectivity index (χ4n) is 3.40. The van der Waals surface area contributed by atoms with Crippen molar-refractivity contribution in [3.05, 3.63) is 120 Å². The van der Waals surface area contributed by atoms with E-state index in [9.17, 15) is 25.0 Å². The number of benzene rings is 3. The van der Waals surface area contributed by atoms with Crippen LogP contribution in [0.5, 0.6) is 0 Å². The fraction of sp³-hybridized carbons (Fsp3) is 0.0385. The van der Waals surface area contributed by atoms with E-state index in [1.54, 1.807) is 48.5 Å². The molecule has 0 bridgehead atoms. The topological polar surface area (TPSA) is 118 Å². The number of aryl methyl sites for hydroxylation is 1. The van der Waals surface area contributed by atoms with Crippen molar-refractivity contribution in [2.75, 3.05) is 5.32 Å². The summed E-state index contributed by atoms with van der Waals surface area (Å²) < 4.78 is 1.79. The second-order valence-electron chi connectivity index (χ2n) is 7.50. The molecule has 4 rings (SSSR count). The molecular weight excluding hydrogens is 464 g/mol. The Bertz CT molecular complexity index is 1650. The van der Waals surface area contributed by atoms with Gasteiger partial charge in [0.25, 0.3) is 17.2 Å². The van der Waals surface area contributed by atoms with Gasteiger partial charge < -0.3 is 5.32 Å². The number of rotatable bonds is 5. The number of nitrogens with zero attached hydrogens (tertiary/aromatic N) is 3. The predicted molar refractivity (Wildman–Crippen MR) is 135 cm³/mol. The molecule has 0 saturated heterocycles. The molecule has 0 aliphatic carbocycles. The maximum absolute atomic E-state index is 13.4. The van der Waals surface area contributed by atoms with Gasteiger partial charge in [0.15, 0.2) is 5.57 Å². The van der Waals surface area contributed by atoms with Gasteiger partial charge in [-0.2, -0.15) is 5.26 Å². The second-order valence-corrected chi connectivity index (χ2v) is 8.53. The Morgan fingerprint density at radius 3 is 2.34 bits per heavy atom. The monoisotopic (exact) mass is 482 g/mol. The Morgan fingerprint density at radius 1 is 1.06 bits per heavy atom. The molecule has 9 heteroatoms. The van der Waals surface area contributed by atoms with Crippen LogP contribution in [0.15, 0.2) is 83.7 Å². The van der Waals surface area contributed by atoms with Gasteiger partial charge in [0.1, 0.15) is 10.7 Å². The van der Waals surface area contributed by atoms with Gasteiger partial charge in [-0.25, -0.2) is 0 Å². The lowest BCUT2D eigenvalue weighted by atomic mass is 10.2. The number of para-hydroxylation sites is 2. The molecule has 3 aromatic carbocycles. The number of thiazole rings is 1. The highest BCUT2D eigenvalue weighted by Crippen LogP contribution is 2.15. The average Bonchev–Trinajstić information content (AvgIpc) is 3.17. The summed E-state index contributed by atoms with van der Waals surface area (Å²) >= 11 is 1.00. The summed E-state index contributed by atoms with van der Waals surface area (Å²) in [6.45, 7) is 1.84. The molecule has 0 unspecified atom stereocenters. The molecule has 0 aliphatic rings. The van der Waals surface area contributed by atoms with E-state index in [2.05, 4.69) is 5.32 Å². The molecule has 1 heterocycles. The summed E-state index contributed by atoms with van der Waals surface area (Å²) in [7, 11) is 0. The van der Waals surface area contributed by atoms with Crippen LogP contribution < -0.4 is 20.1 Å². The van der Waals surface area contributed by atoms with E-state index < -0.39 is 16.4 Å². The Balaban J connectivity index is 1.93. The van der Waals surface area contributed by atoms with Gasteiger partial charge in [-0.3, -0.25) is 24.3 Å². The summed E-state index contributed by atoms with van der Waals surface area (Å²) in [6, 6.07) is 23.6. The first-order valence-corrected chi connectivity index (χ1v) is 11.3. The molecule has 8 nitrogen and oxygen atoms in total. The number of hydrogen-bond acceptors (Lipinski definition) is 6. The number of non-ortho nitro benzene ring substituents is 1. The van der Waals surface area contributed by atoms with Crippen molar-refractivity contribution in [1.29, 1.82) is 5.26 Å². The third-order valence-electron chi connectivity index (χ3n) is 5.19. The molecular formula is C26H18N4O4S. The van der Waals surface area contributed by atoms with E-state index in [-0.39, 0.29) is 20.5 Å². The zero-order chi connectivity index (χ0) is 24.9. The normalized spacial score (nSPS) is 12.1. The Morgan fingerprint density at radius 2 is 1.71 bits per heavy atom. The average molecular weight is 483 g/mol. The van der Waals surface area contributed by atoms with Crippen molar-refractivity contribution in [2.24, 2.45) is 0 Å². The molecule has 1 amide bonds. The number of carbonyl (C=O) groups is 1. The van der Waals surface area contributed by atoms with E-state index in [0.29, 0.717) is 16.9 Å². The summed E-state index contributed by atoms with van der Waals surface area (Å²) in [6.07, 6.45) is 1.58. The lowest BCUT2D eigenvalue weighted by molar-refractivity contribution is -0.384. The third kappa shape index (κ3) is 4.93. The van der Waals surface area contributed by atoms with Crippen molar-refractivity contribution in [1.82, 2.24) is 4.57 Å². The molecule has 0 spiro atoms. The maximum Gasteiger partial charge on any atom is 0.273 e. The summed E-state index contributed by atoms with van der Waals surface area (Å²) in [5.74, 6) is -0.630.